The summed E-state index contributed by atoms with van der Waals surface area (Å²) in [5, 5.41) is 2.53. The van der Waals surface area contributed by atoms with Gasteiger partial charge in [-0.3, -0.25) is 19.3 Å². The van der Waals surface area contributed by atoms with Gasteiger partial charge in [0.1, 0.15) is 0 Å². The van der Waals surface area contributed by atoms with Gasteiger partial charge in [0.05, 0.1) is 10.8 Å². The lowest BCUT2D eigenvalue weighted by Gasteiger charge is -2.19. The van der Waals surface area contributed by atoms with Crippen LogP contribution in [0.4, 0.5) is 4.79 Å². The highest BCUT2D eigenvalue weighted by molar-refractivity contribution is 8.18. The van der Waals surface area contributed by atoms with Gasteiger partial charge in [0, 0.05) is 13.1 Å². The highest BCUT2D eigenvalue weighted by Gasteiger charge is 2.35. The summed E-state index contributed by atoms with van der Waals surface area (Å²) in [4.78, 5) is 40.0. The van der Waals surface area contributed by atoms with Crippen LogP contribution in [0.5, 0.6) is 11.5 Å². The van der Waals surface area contributed by atoms with Crippen molar-refractivity contribution in [2.45, 2.75) is 5.92 Å². The molecule has 176 valence electrons. The third-order valence-corrected chi connectivity index (χ3v) is 6.64. The fraction of sp³-hybridized carbons (Fsp3) is 0.148. The van der Waals surface area contributed by atoms with Gasteiger partial charge >= 0.3 is 0 Å². The van der Waals surface area contributed by atoms with E-state index in [1.165, 1.54) is 0 Å². The molecule has 35 heavy (non-hydrogen) atoms. The summed E-state index contributed by atoms with van der Waals surface area (Å²) in [7, 11) is 0. The summed E-state index contributed by atoms with van der Waals surface area (Å²) < 4.78 is 10.7. The fourth-order valence-corrected chi connectivity index (χ4v) is 4.89. The van der Waals surface area contributed by atoms with Crippen molar-refractivity contribution in [2.24, 2.45) is 0 Å². The van der Waals surface area contributed by atoms with Crippen LogP contribution >= 0.6 is 11.8 Å². The van der Waals surface area contributed by atoms with Crippen molar-refractivity contribution in [3.63, 3.8) is 0 Å². The largest absolute Gasteiger partial charge is 0.454 e. The van der Waals surface area contributed by atoms with Gasteiger partial charge in [-0.15, -0.1) is 0 Å². The van der Waals surface area contributed by atoms with E-state index in [-0.39, 0.29) is 36.9 Å². The molecule has 8 heteroatoms. The van der Waals surface area contributed by atoms with Crippen molar-refractivity contribution in [2.75, 3.05) is 19.9 Å². The van der Waals surface area contributed by atoms with Crippen molar-refractivity contribution >= 4 is 34.9 Å². The zero-order valence-electron chi connectivity index (χ0n) is 18.7. The molecule has 2 heterocycles. The molecule has 2 aliphatic heterocycles. The third-order valence-electron chi connectivity index (χ3n) is 5.73. The van der Waals surface area contributed by atoms with Crippen LogP contribution in [-0.4, -0.2) is 41.8 Å². The van der Waals surface area contributed by atoms with Crippen LogP contribution in [0.25, 0.3) is 6.08 Å². The summed E-state index contributed by atoms with van der Waals surface area (Å²) in [6, 6.07) is 24.4. The summed E-state index contributed by atoms with van der Waals surface area (Å²) in [5.41, 5.74) is 2.48. The normalized spacial score (nSPS) is 15.8. The fourth-order valence-electron chi connectivity index (χ4n) is 4.03. The van der Waals surface area contributed by atoms with Crippen molar-refractivity contribution in [1.29, 1.82) is 0 Å². The quantitative estimate of drug-likeness (QED) is 0.499. The van der Waals surface area contributed by atoms with E-state index in [1.807, 2.05) is 60.7 Å². The van der Waals surface area contributed by atoms with E-state index in [9.17, 15) is 14.4 Å². The number of carbonyl (C=O) groups excluding carboxylic acids is 3. The number of nitrogens with zero attached hydrogens (tertiary/aromatic N) is 1. The number of rotatable bonds is 7. The number of amides is 3. The smallest absolute Gasteiger partial charge is 0.293 e. The van der Waals surface area contributed by atoms with Crippen LogP contribution in [-0.2, 0) is 9.59 Å². The number of hydrogen-bond donors (Lipinski definition) is 1. The van der Waals surface area contributed by atoms with Crippen molar-refractivity contribution in [1.82, 2.24) is 10.2 Å². The lowest BCUT2D eigenvalue weighted by atomic mass is 9.90. The molecule has 0 bridgehead atoms. The second-order valence-corrected chi connectivity index (χ2v) is 8.98. The van der Waals surface area contributed by atoms with E-state index in [4.69, 9.17) is 9.47 Å². The van der Waals surface area contributed by atoms with Crippen molar-refractivity contribution in [3.05, 3.63) is 100 Å². The molecule has 2 aliphatic rings. The number of carbonyl (C=O) groups is 3. The molecule has 1 saturated heterocycles. The molecule has 3 amide bonds. The molecular weight excluding hydrogens is 464 g/mol. The van der Waals surface area contributed by atoms with Crippen LogP contribution in [0.1, 0.15) is 22.6 Å². The topological polar surface area (TPSA) is 84.9 Å². The van der Waals surface area contributed by atoms with Crippen LogP contribution in [0, 0.1) is 0 Å². The highest BCUT2D eigenvalue weighted by atomic mass is 32.2. The van der Waals surface area contributed by atoms with Crippen LogP contribution in [0.15, 0.2) is 83.8 Å². The molecule has 3 aromatic carbocycles. The number of fused-ring (bicyclic) bond motifs is 1. The highest BCUT2D eigenvalue weighted by Crippen LogP contribution is 2.36. The molecule has 0 aliphatic carbocycles. The Morgan fingerprint density at radius 3 is 2.29 bits per heavy atom. The lowest BCUT2D eigenvalue weighted by Crippen LogP contribution is -2.39. The predicted molar refractivity (Wildman–Crippen MR) is 133 cm³/mol. The molecule has 3 aromatic rings. The minimum atomic E-state index is -0.488. The molecule has 0 spiro atoms. The average Bonchev–Trinajstić information content (AvgIpc) is 3.45. The van der Waals surface area contributed by atoms with E-state index >= 15 is 0 Å². The van der Waals surface area contributed by atoms with Crippen LogP contribution in [0.2, 0.25) is 0 Å². The van der Waals surface area contributed by atoms with E-state index in [1.54, 1.807) is 24.3 Å². The molecule has 0 atom stereocenters. The van der Waals surface area contributed by atoms with Gasteiger partial charge in [-0.25, -0.2) is 0 Å². The number of nitrogens with one attached hydrogen (secondary N) is 1. The first-order valence-electron chi connectivity index (χ1n) is 11.1. The Morgan fingerprint density at radius 2 is 1.60 bits per heavy atom. The van der Waals surface area contributed by atoms with Crippen LogP contribution < -0.4 is 14.8 Å². The van der Waals surface area contributed by atoms with Crippen LogP contribution in [0.3, 0.4) is 0 Å². The average molecular weight is 487 g/mol. The molecule has 0 aromatic heterocycles. The monoisotopic (exact) mass is 486 g/mol. The standard InChI is InChI=1S/C27H22N2O5S/c30-25(24(19-7-3-1-4-8-19)20-9-5-2-6-10-20)28-13-14-29-26(31)23(35-27(29)32)16-18-11-12-21-22(15-18)34-17-33-21/h1-12,15-16,24H,13-14,17H2,(H,28,30)/b23-16-. The molecule has 1 fully saturated rings. The van der Waals surface area contributed by atoms with Gasteiger partial charge < -0.3 is 14.8 Å². The SMILES string of the molecule is O=C(NCCN1C(=O)S/C(=C\c2ccc3c(c2)OCO3)C1=O)C(c1ccccc1)c1ccccc1. The Labute approximate surface area is 206 Å². The lowest BCUT2D eigenvalue weighted by molar-refractivity contribution is -0.124. The maximum atomic E-state index is 13.1. The summed E-state index contributed by atoms with van der Waals surface area (Å²) in [5.74, 6) is 0.195. The minimum absolute atomic E-state index is 0.0885. The van der Waals surface area contributed by atoms with Gasteiger partial charge in [0.25, 0.3) is 11.1 Å². The van der Waals surface area contributed by atoms with Gasteiger partial charge in [0.15, 0.2) is 11.5 Å². The first-order valence-corrected chi connectivity index (χ1v) is 11.9. The van der Waals surface area contributed by atoms with Gasteiger partial charge in [-0.05, 0) is 46.7 Å². The van der Waals surface area contributed by atoms with Gasteiger partial charge in [-0.1, -0.05) is 66.7 Å². The number of thioether (sulfide) groups is 1. The number of ether oxygens (including phenoxy) is 2. The zero-order valence-corrected chi connectivity index (χ0v) is 19.5. The van der Waals surface area contributed by atoms with Gasteiger partial charge in [-0.2, -0.15) is 0 Å². The Hall–Kier alpha value is -4.04. The second-order valence-electron chi connectivity index (χ2n) is 7.99. The maximum absolute atomic E-state index is 13.1. The van der Waals surface area contributed by atoms with E-state index in [2.05, 4.69) is 5.32 Å². The van der Waals surface area contributed by atoms with E-state index < -0.39 is 5.92 Å². The molecule has 0 saturated carbocycles. The Balaban J connectivity index is 1.24. The minimum Gasteiger partial charge on any atom is -0.454 e. The molecule has 5 rings (SSSR count). The number of imide groups is 1. The maximum Gasteiger partial charge on any atom is 0.293 e. The predicted octanol–water partition coefficient (Wildman–Crippen LogP) is 4.40. The third kappa shape index (κ3) is 4.93. The van der Waals surface area contributed by atoms with Gasteiger partial charge in [0.2, 0.25) is 12.7 Å². The Bertz CT molecular complexity index is 1250. The van der Waals surface area contributed by atoms with E-state index in [0.29, 0.717) is 16.4 Å². The summed E-state index contributed by atoms with van der Waals surface area (Å²) >= 11 is 0.883. The summed E-state index contributed by atoms with van der Waals surface area (Å²) in [6.45, 7) is 0.409. The Kier molecular flexibility index (Phi) is 6.54. The molecular formula is C27H22N2O5S. The van der Waals surface area contributed by atoms with Crippen molar-refractivity contribution < 1.29 is 23.9 Å². The summed E-state index contributed by atoms with van der Waals surface area (Å²) in [6.07, 6.45) is 1.66. The van der Waals surface area contributed by atoms with Crippen molar-refractivity contribution in [3.8, 4) is 11.5 Å². The van der Waals surface area contributed by atoms with E-state index in [0.717, 1.165) is 33.4 Å². The zero-order chi connectivity index (χ0) is 24.2. The molecule has 1 N–H and O–H groups in total. The Morgan fingerprint density at radius 1 is 0.943 bits per heavy atom. The number of benzene rings is 3. The molecule has 0 radical (unpaired) electrons. The first kappa shape index (κ1) is 22.7. The number of hydrogen-bond acceptors (Lipinski definition) is 6. The second kappa shape index (κ2) is 10.1. The molecule has 7 nitrogen and oxygen atoms in total. The molecule has 0 unspecified atom stereocenters. The first-order chi connectivity index (χ1) is 17.1.